The third kappa shape index (κ3) is 6.19. The highest BCUT2D eigenvalue weighted by Crippen LogP contribution is 2.42. The van der Waals surface area contributed by atoms with E-state index in [4.69, 9.17) is 21.1 Å². The maximum absolute atomic E-state index is 12.5. The lowest BCUT2D eigenvalue weighted by Gasteiger charge is -2.41. The van der Waals surface area contributed by atoms with Crippen molar-refractivity contribution in [3.05, 3.63) is 101 Å². The number of aliphatic hydroxyl groups is 1. The van der Waals surface area contributed by atoms with Gasteiger partial charge in [0, 0.05) is 30.6 Å². The summed E-state index contributed by atoms with van der Waals surface area (Å²) in [6, 6.07) is 26.2. The van der Waals surface area contributed by atoms with Crippen LogP contribution in [0.1, 0.15) is 36.0 Å². The Bertz CT molecular complexity index is 1000. The van der Waals surface area contributed by atoms with E-state index in [0.29, 0.717) is 18.1 Å². The number of hydrogen-bond acceptors (Lipinski definition) is 4. The van der Waals surface area contributed by atoms with Gasteiger partial charge >= 0.3 is 0 Å². The highest BCUT2D eigenvalue weighted by molar-refractivity contribution is 6.30. The fourth-order valence-electron chi connectivity index (χ4n) is 4.77. The van der Waals surface area contributed by atoms with Crippen molar-refractivity contribution in [2.45, 2.75) is 31.3 Å². The Balaban J connectivity index is 1.72. The van der Waals surface area contributed by atoms with Crippen molar-refractivity contribution in [1.29, 1.82) is 0 Å². The molecule has 0 amide bonds. The van der Waals surface area contributed by atoms with Crippen LogP contribution >= 0.6 is 11.6 Å². The molecule has 180 valence electrons. The summed E-state index contributed by atoms with van der Waals surface area (Å²) in [5.74, 6) is 0.678. The summed E-state index contributed by atoms with van der Waals surface area (Å²) in [5, 5.41) is 13.2. The Hall–Kier alpha value is -2.37. The average molecular weight is 480 g/mol. The Morgan fingerprint density at radius 1 is 0.971 bits per heavy atom. The van der Waals surface area contributed by atoms with Crippen LogP contribution in [0.5, 0.6) is 5.75 Å². The van der Waals surface area contributed by atoms with Crippen LogP contribution in [-0.2, 0) is 16.8 Å². The maximum Gasteiger partial charge on any atom is 0.119 e. The van der Waals surface area contributed by atoms with Gasteiger partial charge < -0.3 is 14.6 Å². The van der Waals surface area contributed by atoms with Crippen LogP contribution in [0.2, 0.25) is 5.02 Å². The van der Waals surface area contributed by atoms with E-state index in [-0.39, 0.29) is 5.92 Å². The predicted molar refractivity (Wildman–Crippen MR) is 138 cm³/mol. The summed E-state index contributed by atoms with van der Waals surface area (Å²) < 4.78 is 11.2. The number of benzene rings is 3. The van der Waals surface area contributed by atoms with Gasteiger partial charge in [-0.05, 0) is 60.7 Å². The van der Waals surface area contributed by atoms with Crippen LogP contribution in [0.4, 0.5) is 0 Å². The van der Waals surface area contributed by atoms with Crippen molar-refractivity contribution in [3.8, 4) is 5.75 Å². The fourth-order valence-corrected chi connectivity index (χ4v) is 4.90. The normalized spacial score (nSPS) is 17.1. The van der Waals surface area contributed by atoms with Crippen LogP contribution in [-0.4, -0.2) is 49.5 Å². The number of nitrogens with zero attached hydrogens (tertiary/aromatic N) is 1. The third-order valence-electron chi connectivity index (χ3n) is 6.70. The van der Waals surface area contributed by atoms with E-state index in [2.05, 4.69) is 41.3 Å². The molecule has 0 spiro atoms. The zero-order valence-corrected chi connectivity index (χ0v) is 20.6. The predicted octanol–water partition coefficient (Wildman–Crippen LogP) is 5.68. The fraction of sp³-hybridized carbons (Fsp3) is 0.379. The minimum Gasteiger partial charge on any atom is -0.494 e. The Kier molecular flexibility index (Phi) is 8.63. The number of ether oxygens (including phenoxy) is 2. The van der Waals surface area contributed by atoms with Gasteiger partial charge in [-0.25, -0.2) is 0 Å². The lowest BCUT2D eigenvalue weighted by Crippen LogP contribution is -2.45. The van der Waals surface area contributed by atoms with Gasteiger partial charge in [0.2, 0.25) is 0 Å². The molecule has 3 aromatic carbocycles. The second-order valence-electron chi connectivity index (χ2n) is 8.88. The summed E-state index contributed by atoms with van der Waals surface area (Å²) in [4.78, 5) is 2.39. The molecule has 1 N–H and O–H groups in total. The van der Waals surface area contributed by atoms with Crippen LogP contribution in [0.25, 0.3) is 0 Å². The molecular weight excluding hydrogens is 446 g/mol. The largest absolute Gasteiger partial charge is 0.494 e. The highest BCUT2D eigenvalue weighted by Gasteiger charge is 2.40. The van der Waals surface area contributed by atoms with Crippen LogP contribution in [0, 0.1) is 0 Å². The molecule has 0 unspecified atom stereocenters. The molecule has 2 atom stereocenters. The molecule has 1 saturated heterocycles. The van der Waals surface area contributed by atoms with E-state index < -0.39 is 5.60 Å². The van der Waals surface area contributed by atoms with Gasteiger partial charge in [-0.1, -0.05) is 66.2 Å². The standard InChI is InChI=1S/C29H34ClNO3/c1-2-34-27-14-10-25(11-15-27)29(32,17-16-23-6-4-3-5-7-23)28(22-31-18-20-33-21-19-31)24-8-12-26(30)13-9-24/h3-15,28,32H,2,16-22H2,1H3/t28-,29-/m1/s1. The van der Waals surface area contributed by atoms with Gasteiger partial charge in [-0.2, -0.15) is 0 Å². The zero-order chi connectivity index (χ0) is 23.8. The second kappa shape index (κ2) is 11.9. The monoisotopic (exact) mass is 479 g/mol. The SMILES string of the molecule is CCOc1ccc([C@](O)(CCc2ccccc2)[C@H](CN2CCOCC2)c2ccc(Cl)cc2)cc1. The molecule has 1 aliphatic rings. The molecule has 0 radical (unpaired) electrons. The molecule has 4 rings (SSSR count). The lowest BCUT2D eigenvalue weighted by atomic mass is 9.73. The molecule has 1 aliphatic heterocycles. The van der Waals surface area contributed by atoms with E-state index in [9.17, 15) is 5.11 Å². The summed E-state index contributed by atoms with van der Waals surface area (Å²) in [5.41, 5.74) is 2.13. The van der Waals surface area contributed by atoms with Crippen molar-refractivity contribution in [1.82, 2.24) is 4.90 Å². The van der Waals surface area contributed by atoms with E-state index in [1.165, 1.54) is 5.56 Å². The minimum atomic E-state index is -1.08. The Morgan fingerprint density at radius 3 is 2.29 bits per heavy atom. The Labute approximate surface area is 208 Å². The second-order valence-corrected chi connectivity index (χ2v) is 9.32. The summed E-state index contributed by atoms with van der Waals surface area (Å²) in [6.45, 7) is 6.50. The molecule has 0 bridgehead atoms. The summed E-state index contributed by atoms with van der Waals surface area (Å²) >= 11 is 6.22. The van der Waals surface area contributed by atoms with Gasteiger partial charge in [-0.15, -0.1) is 0 Å². The summed E-state index contributed by atoms with van der Waals surface area (Å²) in [6.07, 6.45) is 1.38. The van der Waals surface area contributed by atoms with E-state index in [0.717, 1.165) is 56.1 Å². The molecule has 0 aliphatic carbocycles. The third-order valence-corrected chi connectivity index (χ3v) is 6.95. The van der Waals surface area contributed by atoms with Crippen LogP contribution in [0.3, 0.4) is 0 Å². The zero-order valence-electron chi connectivity index (χ0n) is 19.8. The first kappa shape index (κ1) is 24.7. The number of halogens is 1. The first-order chi connectivity index (χ1) is 16.6. The smallest absolute Gasteiger partial charge is 0.119 e. The van der Waals surface area contributed by atoms with Gasteiger partial charge in [0.1, 0.15) is 5.75 Å². The maximum atomic E-state index is 12.5. The average Bonchev–Trinajstić information content (AvgIpc) is 2.88. The molecule has 4 nitrogen and oxygen atoms in total. The summed E-state index contributed by atoms with van der Waals surface area (Å²) in [7, 11) is 0. The topological polar surface area (TPSA) is 41.9 Å². The van der Waals surface area contributed by atoms with Crippen LogP contribution in [0.15, 0.2) is 78.9 Å². The van der Waals surface area contributed by atoms with Gasteiger partial charge in [0.05, 0.1) is 25.4 Å². The number of hydrogen-bond donors (Lipinski definition) is 1. The number of aryl methyl sites for hydroxylation is 1. The quantitative estimate of drug-likeness (QED) is 0.406. The molecule has 0 saturated carbocycles. The number of rotatable bonds is 10. The van der Waals surface area contributed by atoms with Gasteiger partial charge in [0.15, 0.2) is 0 Å². The molecule has 3 aromatic rings. The first-order valence-corrected chi connectivity index (χ1v) is 12.5. The molecule has 1 heterocycles. The van der Waals surface area contributed by atoms with Gasteiger partial charge in [-0.3, -0.25) is 4.90 Å². The molecule has 5 heteroatoms. The molecular formula is C29H34ClNO3. The first-order valence-electron chi connectivity index (χ1n) is 12.1. The van der Waals surface area contributed by atoms with Crippen molar-refractivity contribution >= 4 is 11.6 Å². The minimum absolute atomic E-state index is 0.135. The van der Waals surface area contributed by atoms with E-state index in [1.54, 1.807) is 0 Å². The highest BCUT2D eigenvalue weighted by atomic mass is 35.5. The van der Waals surface area contributed by atoms with Crippen molar-refractivity contribution in [3.63, 3.8) is 0 Å². The molecule has 34 heavy (non-hydrogen) atoms. The van der Waals surface area contributed by atoms with Crippen LogP contribution < -0.4 is 4.74 Å². The van der Waals surface area contributed by atoms with E-state index >= 15 is 0 Å². The molecule has 1 fully saturated rings. The molecule has 0 aromatic heterocycles. The van der Waals surface area contributed by atoms with Gasteiger partial charge in [0.25, 0.3) is 0 Å². The van der Waals surface area contributed by atoms with E-state index in [1.807, 2.05) is 49.4 Å². The van der Waals surface area contributed by atoms with Crippen molar-refractivity contribution in [2.75, 3.05) is 39.5 Å². The lowest BCUT2D eigenvalue weighted by molar-refractivity contribution is -0.0279. The van der Waals surface area contributed by atoms with Crippen molar-refractivity contribution < 1.29 is 14.6 Å². The number of morpholine rings is 1. The van der Waals surface area contributed by atoms with Crippen molar-refractivity contribution in [2.24, 2.45) is 0 Å². The Morgan fingerprint density at radius 2 is 1.65 bits per heavy atom.